The molecule has 0 radical (unpaired) electrons. The number of rotatable bonds is 7. The first-order valence-corrected chi connectivity index (χ1v) is 11.3. The summed E-state index contributed by atoms with van der Waals surface area (Å²) in [7, 11) is 1.86. The van der Waals surface area contributed by atoms with Crippen molar-refractivity contribution in [1.82, 2.24) is 20.7 Å². The van der Waals surface area contributed by atoms with Crippen molar-refractivity contribution in [2.45, 2.75) is 31.3 Å². The largest absolute Gasteiger partial charge is 0.340 e. The zero-order valence-corrected chi connectivity index (χ0v) is 17.4. The Bertz CT molecular complexity index is 894. The molecule has 0 saturated carbocycles. The predicted octanol–water partition coefficient (Wildman–Crippen LogP) is 4.33. The highest BCUT2D eigenvalue weighted by molar-refractivity contribution is 7.20. The number of thiophene rings is 1. The molecule has 7 heteroatoms. The van der Waals surface area contributed by atoms with Crippen molar-refractivity contribution < 1.29 is 4.79 Å². The molecule has 1 amide bonds. The Morgan fingerprint density at radius 3 is 2.82 bits per heavy atom. The summed E-state index contributed by atoms with van der Waals surface area (Å²) in [6.07, 6.45) is 3.06. The first kappa shape index (κ1) is 19.3. The Morgan fingerprint density at radius 2 is 2.04 bits per heavy atom. The Labute approximate surface area is 173 Å². The Hall–Kier alpha value is -2.06. The van der Waals surface area contributed by atoms with Gasteiger partial charge >= 0.3 is 0 Å². The topological polar surface area (TPSA) is 57.3 Å². The number of benzene rings is 1. The molecule has 0 bridgehead atoms. The fourth-order valence-electron chi connectivity index (χ4n) is 3.47. The predicted molar refractivity (Wildman–Crippen MR) is 115 cm³/mol. The zero-order chi connectivity index (χ0) is 19.3. The van der Waals surface area contributed by atoms with E-state index in [1.165, 1.54) is 16.9 Å². The van der Waals surface area contributed by atoms with E-state index in [9.17, 15) is 4.79 Å². The van der Waals surface area contributed by atoms with E-state index in [-0.39, 0.29) is 5.91 Å². The molecule has 5 nitrogen and oxygen atoms in total. The molecule has 3 aromatic rings. The molecule has 2 unspecified atom stereocenters. The first-order chi connectivity index (χ1) is 13.7. The van der Waals surface area contributed by atoms with Gasteiger partial charge in [-0.05, 0) is 36.3 Å². The summed E-state index contributed by atoms with van der Waals surface area (Å²) in [4.78, 5) is 20.0. The van der Waals surface area contributed by atoms with Crippen molar-refractivity contribution in [2.24, 2.45) is 0 Å². The van der Waals surface area contributed by atoms with Gasteiger partial charge in [0.05, 0.1) is 4.88 Å². The fourth-order valence-corrected chi connectivity index (χ4v) is 5.08. The lowest BCUT2D eigenvalue weighted by molar-refractivity contribution is 0.0787. The highest BCUT2D eigenvalue weighted by Crippen LogP contribution is 2.28. The van der Waals surface area contributed by atoms with Crippen LogP contribution in [0.3, 0.4) is 0 Å². The number of hydrogen-bond acceptors (Lipinski definition) is 6. The molecular weight excluding hydrogens is 388 g/mol. The van der Waals surface area contributed by atoms with Crippen molar-refractivity contribution in [3.63, 3.8) is 0 Å². The molecule has 0 spiro atoms. The van der Waals surface area contributed by atoms with Crippen LogP contribution in [0.25, 0.3) is 9.88 Å². The number of amides is 1. The van der Waals surface area contributed by atoms with Gasteiger partial charge in [0.2, 0.25) is 0 Å². The van der Waals surface area contributed by atoms with E-state index in [4.69, 9.17) is 0 Å². The monoisotopic (exact) mass is 412 g/mol. The summed E-state index contributed by atoms with van der Waals surface area (Å²) in [5.41, 5.74) is 8.64. The van der Waals surface area contributed by atoms with Crippen molar-refractivity contribution in [3.05, 3.63) is 64.5 Å². The molecule has 146 valence electrons. The zero-order valence-electron chi connectivity index (χ0n) is 15.8. The molecule has 2 aromatic heterocycles. The number of aromatic nitrogens is 1. The maximum Gasteiger partial charge on any atom is 0.273 e. The minimum Gasteiger partial charge on any atom is -0.340 e. The number of carbonyl (C=O) groups excluding carboxylic acids is 1. The third-order valence-corrected chi connectivity index (χ3v) is 6.91. The molecule has 1 aliphatic heterocycles. The molecule has 1 aliphatic rings. The molecular formula is C21H24N4OS2. The highest BCUT2D eigenvalue weighted by atomic mass is 32.1. The van der Waals surface area contributed by atoms with Gasteiger partial charge in [0.1, 0.15) is 10.7 Å². The van der Waals surface area contributed by atoms with Crippen LogP contribution in [0.1, 0.15) is 41.4 Å². The van der Waals surface area contributed by atoms with Crippen LogP contribution in [0, 0.1) is 0 Å². The highest BCUT2D eigenvalue weighted by Gasteiger charge is 2.24. The van der Waals surface area contributed by atoms with Gasteiger partial charge in [0, 0.05) is 31.1 Å². The smallest absolute Gasteiger partial charge is 0.273 e. The van der Waals surface area contributed by atoms with E-state index in [2.05, 4.69) is 40.1 Å². The maximum atomic E-state index is 12.6. The lowest BCUT2D eigenvalue weighted by Crippen LogP contribution is -2.32. The maximum absolute atomic E-state index is 12.6. The normalized spacial score (nSPS) is 19.0. The SMILES string of the molecule is CN(CCCC1CC(c2ccccc2)NN1)C(=O)c1csc(-c2cccs2)n1. The van der Waals surface area contributed by atoms with Gasteiger partial charge < -0.3 is 4.90 Å². The molecule has 2 N–H and O–H groups in total. The molecule has 0 aliphatic carbocycles. The molecule has 28 heavy (non-hydrogen) atoms. The van der Waals surface area contributed by atoms with Crippen LogP contribution in [0.2, 0.25) is 0 Å². The minimum atomic E-state index is -0.00118. The molecule has 2 atom stereocenters. The third kappa shape index (κ3) is 4.50. The molecule has 4 rings (SSSR count). The van der Waals surface area contributed by atoms with Crippen molar-refractivity contribution in [3.8, 4) is 9.88 Å². The van der Waals surface area contributed by atoms with Crippen LogP contribution in [-0.2, 0) is 0 Å². The number of thiazole rings is 1. The second kappa shape index (κ2) is 8.96. The second-order valence-corrected chi connectivity index (χ2v) is 8.87. The quantitative estimate of drug-likeness (QED) is 0.606. The Morgan fingerprint density at radius 1 is 1.18 bits per heavy atom. The minimum absolute atomic E-state index is 0.00118. The van der Waals surface area contributed by atoms with Crippen LogP contribution in [0.15, 0.2) is 53.2 Å². The van der Waals surface area contributed by atoms with Crippen LogP contribution < -0.4 is 10.9 Å². The van der Waals surface area contributed by atoms with Crippen LogP contribution in [0.5, 0.6) is 0 Å². The van der Waals surface area contributed by atoms with E-state index in [1.807, 2.05) is 36.0 Å². The van der Waals surface area contributed by atoms with Gasteiger partial charge in [-0.2, -0.15) is 0 Å². The van der Waals surface area contributed by atoms with E-state index in [0.717, 1.165) is 35.7 Å². The first-order valence-electron chi connectivity index (χ1n) is 9.51. The van der Waals surface area contributed by atoms with Gasteiger partial charge in [0.25, 0.3) is 5.91 Å². The summed E-state index contributed by atoms with van der Waals surface area (Å²) in [5.74, 6) is -0.00118. The fraction of sp³-hybridized carbons (Fsp3) is 0.333. The lowest BCUT2D eigenvalue weighted by Gasteiger charge is -2.17. The van der Waals surface area contributed by atoms with Crippen LogP contribution in [0.4, 0.5) is 0 Å². The molecule has 1 saturated heterocycles. The van der Waals surface area contributed by atoms with Crippen molar-refractivity contribution >= 4 is 28.6 Å². The van der Waals surface area contributed by atoms with Crippen molar-refractivity contribution in [1.29, 1.82) is 0 Å². The number of hydrogen-bond donors (Lipinski definition) is 2. The number of hydrazine groups is 1. The molecule has 3 heterocycles. The van der Waals surface area contributed by atoms with Gasteiger partial charge in [0.15, 0.2) is 0 Å². The number of nitrogens with zero attached hydrogens (tertiary/aromatic N) is 2. The number of carbonyl (C=O) groups is 1. The van der Waals surface area contributed by atoms with Crippen LogP contribution >= 0.6 is 22.7 Å². The van der Waals surface area contributed by atoms with E-state index < -0.39 is 0 Å². The number of nitrogens with one attached hydrogen (secondary N) is 2. The van der Waals surface area contributed by atoms with Gasteiger partial charge in [-0.15, -0.1) is 22.7 Å². The Kier molecular flexibility index (Phi) is 6.17. The molecule has 1 fully saturated rings. The summed E-state index contributed by atoms with van der Waals surface area (Å²) in [6.45, 7) is 0.735. The second-order valence-electron chi connectivity index (χ2n) is 7.07. The third-order valence-electron chi connectivity index (χ3n) is 5.03. The average Bonchev–Trinajstić information content (AvgIpc) is 3.49. The average molecular weight is 413 g/mol. The van der Waals surface area contributed by atoms with Gasteiger partial charge in [-0.3, -0.25) is 15.6 Å². The Balaban J connectivity index is 1.23. The van der Waals surface area contributed by atoms with E-state index >= 15 is 0 Å². The standard InChI is InChI=1S/C21H24N4OS2/c1-25(21(26)18-14-28-20(22-18)19-10-6-12-27-19)11-5-9-16-13-17(24-23-16)15-7-3-2-4-8-15/h2-4,6-8,10,12,14,16-17,23-24H,5,9,11,13H2,1H3. The van der Waals surface area contributed by atoms with Crippen LogP contribution in [-0.4, -0.2) is 35.4 Å². The van der Waals surface area contributed by atoms with Crippen molar-refractivity contribution in [2.75, 3.05) is 13.6 Å². The lowest BCUT2D eigenvalue weighted by atomic mass is 10.00. The van der Waals surface area contributed by atoms with E-state index in [0.29, 0.717) is 17.8 Å². The summed E-state index contributed by atoms with van der Waals surface area (Å²) >= 11 is 3.17. The van der Waals surface area contributed by atoms with Gasteiger partial charge in [-0.1, -0.05) is 36.4 Å². The molecule has 1 aromatic carbocycles. The summed E-state index contributed by atoms with van der Waals surface area (Å²) in [6, 6.07) is 15.3. The van der Waals surface area contributed by atoms with E-state index in [1.54, 1.807) is 16.2 Å². The van der Waals surface area contributed by atoms with Gasteiger partial charge in [-0.25, -0.2) is 4.98 Å². The summed E-state index contributed by atoms with van der Waals surface area (Å²) < 4.78 is 0. The summed E-state index contributed by atoms with van der Waals surface area (Å²) in [5, 5.41) is 4.80.